The van der Waals surface area contributed by atoms with E-state index < -0.39 is 0 Å². The fraction of sp³-hybridized carbons (Fsp3) is 0.333. The predicted octanol–water partition coefficient (Wildman–Crippen LogP) is 3.38. The fourth-order valence-corrected chi connectivity index (χ4v) is 3.38. The van der Waals surface area contributed by atoms with Crippen molar-refractivity contribution in [3.8, 4) is 5.75 Å². The third-order valence-corrected chi connectivity index (χ3v) is 5.02. The molecule has 6 heteroatoms. The molecule has 0 spiro atoms. The average molecular weight is 367 g/mol. The first-order valence-corrected chi connectivity index (χ1v) is 9.04. The molecule has 1 aliphatic heterocycles. The van der Waals surface area contributed by atoms with Gasteiger partial charge in [-0.2, -0.15) is 0 Å². The molecule has 142 valence electrons. The molecule has 1 saturated heterocycles. The Morgan fingerprint density at radius 3 is 2.52 bits per heavy atom. The molecule has 0 aliphatic carbocycles. The number of anilines is 1. The summed E-state index contributed by atoms with van der Waals surface area (Å²) in [5.41, 5.74) is 3.38. The number of carbonyl (C=O) groups excluding carboxylic acids is 2. The Labute approximate surface area is 159 Å². The van der Waals surface area contributed by atoms with Crippen molar-refractivity contribution in [1.82, 2.24) is 10.2 Å². The lowest BCUT2D eigenvalue weighted by atomic mass is 9.98. The molecule has 3 amide bonds. The fourth-order valence-electron chi connectivity index (χ4n) is 3.38. The van der Waals surface area contributed by atoms with Gasteiger partial charge in [0.15, 0.2) is 0 Å². The second-order valence-corrected chi connectivity index (χ2v) is 6.74. The summed E-state index contributed by atoms with van der Waals surface area (Å²) < 4.78 is 5.20. The van der Waals surface area contributed by atoms with Gasteiger partial charge in [0.1, 0.15) is 5.75 Å². The summed E-state index contributed by atoms with van der Waals surface area (Å²) in [4.78, 5) is 26.2. The number of nitrogens with one attached hydrogen (secondary N) is 2. The summed E-state index contributed by atoms with van der Waals surface area (Å²) in [6.07, 6.45) is 0.939. The van der Waals surface area contributed by atoms with Crippen LogP contribution in [0.2, 0.25) is 0 Å². The van der Waals surface area contributed by atoms with Crippen LogP contribution in [-0.4, -0.2) is 44.1 Å². The Morgan fingerprint density at radius 2 is 1.89 bits per heavy atom. The maximum Gasteiger partial charge on any atom is 0.321 e. The van der Waals surface area contributed by atoms with Crippen molar-refractivity contribution in [2.45, 2.75) is 19.3 Å². The van der Waals surface area contributed by atoms with Crippen molar-refractivity contribution in [2.75, 3.05) is 32.6 Å². The topological polar surface area (TPSA) is 70.7 Å². The first-order valence-electron chi connectivity index (χ1n) is 9.04. The highest BCUT2D eigenvalue weighted by Gasteiger charge is 2.27. The number of amides is 3. The SMILES string of the molecule is CNC(=O)c1ccc(NC(=O)N2CCC(c3ccc(OC)cc3)C2)c(C)c1. The molecule has 0 saturated carbocycles. The van der Waals surface area contributed by atoms with E-state index in [0.29, 0.717) is 18.0 Å². The van der Waals surface area contributed by atoms with E-state index in [1.165, 1.54) is 5.56 Å². The van der Waals surface area contributed by atoms with Crippen LogP contribution >= 0.6 is 0 Å². The normalized spacial score (nSPS) is 16.1. The van der Waals surface area contributed by atoms with Crippen molar-refractivity contribution in [1.29, 1.82) is 0 Å². The van der Waals surface area contributed by atoms with Crippen molar-refractivity contribution < 1.29 is 14.3 Å². The molecular weight excluding hydrogens is 342 g/mol. The maximum absolute atomic E-state index is 12.6. The Morgan fingerprint density at radius 1 is 1.15 bits per heavy atom. The number of benzene rings is 2. The molecule has 1 heterocycles. The lowest BCUT2D eigenvalue weighted by Crippen LogP contribution is -2.33. The molecule has 0 radical (unpaired) electrons. The van der Waals surface area contributed by atoms with Crippen LogP contribution in [0.4, 0.5) is 10.5 Å². The highest BCUT2D eigenvalue weighted by molar-refractivity contribution is 5.96. The third-order valence-electron chi connectivity index (χ3n) is 5.02. The Kier molecular flexibility index (Phi) is 5.64. The number of likely N-dealkylation sites (tertiary alicyclic amines) is 1. The molecule has 6 nitrogen and oxygen atoms in total. The van der Waals surface area contributed by atoms with Crippen LogP contribution in [0.5, 0.6) is 5.75 Å². The van der Waals surface area contributed by atoms with Gasteiger partial charge in [0.2, 0.25) is 0 Å². The van der Waals surface area contributed by atoms with Crippen LogP contribution < -0.4 is 15.4 Å². The van der Waals surface area contributed by atoms with E-state index in [0.717, 1.165) is 30.0 Å². The monoisotopic (exact) mass is 367 g/mol. The molecule has 1 unspecified atom stereocenters. The summed E-state index contributed by atoms with van der Waals surface area (Å²) in [7, 11) is 3.25. The van der Waals surface area contributed by atoms with Gasteiger partial charge in [-0.1, -0.05) is 12.1 Å². The number of urea groups is 1. The van der Waals surface area contributed by atoms with Gasteiger partial charge in [0, 0.05) is 37.3 Å². The smallest absolute Gasteiger partial charge is 0.321 e. The van der Waals surface area contributed by atoms with Gasteiger partial charge in [0.05, 0.1) is 7.11 Å². The number of nitrogens with zero attached hydrogens (tertiary/aromatic N) is 1. The van der Waals surface area contributed by atoms with Crippen molar-refractivity contribution in [2.24, 2.45) is 0 Å². The third kappa shape index (κ3) is 4.22. The molecule has 2 aromatic carbocycles. The zero-order valence-corrected chi connectivity index (χ0v) is 15.9. The summed E-state index contributed by atoms with van der Waals surface area (Å²) in [6.45, 7) is 3.29. The Balaban J connectivity index is 1.62. The average Bonchev–Trinajstić information content (AvgIpc) is 3.19. The van der Waals surface area contributed by atoms with Gasteiger partial charge in [-0.15, -0.1) is 0 Å². The number of methoxy groups -OCH3 is 1. The lowest BCUT2D eigenvalue weighted by Gasteiger charge is -2.19. The van der Waals surface area contributed by atoms with Crippen molar-refractivity contribution in [3.63, 3.8) is 0 Å². The molecule has 3 rings (SSSR count). The van der Waals surface area contributed by atoms with Gasteiger partial charge in [-0.3, -0.25) is 4.79 Å². The van der Waals surface area contributed by atoms with E-state index in [4.69, 9.17) is 4.74 Å². The van der Waals surface area contributed by atoms with Crippen molar-refractivity contribution in [3.05, 3.63) is 59.2 Å². The van der Waals surface area contributed by atoms with Crippen LogP contribution in [0.1, 0.15) is 33.8 Å². The standard InChI is InChI=1S/C21H25N3O3/c1-14-12-16(20(25)22-2)6-9-19(14)23-21(26)24-11-10-17(13-24)15-4-7-18(27-3)8-5-15/h4-9,12,17H,10-11,13H2,1-3H3,(H,22,25)(H,23,26). The van der Waals surface area contributed by atoms with Gasteiger partial charge in [-0.05, 0) is 54.8 Å². The zero-order chi connectivity index (χ0) is 19.4. The van der Waals surface area contributed by atoms with Crippen LogP contribution in [0.25, 0.3) is 0 Å². The summed E-state index contributed by atoms with van der Waals surface area (Å²) in [6, 6.07) is 13.2. The van der Waals surface area contributed by atoms with Crippen LogP contribution in [0.15, 0.2) is 42.5 Å². The quantitative estimate of drug-likeness (QED) is 0.870. The number of ether oxygens (including phenoxy) is 1. The van der Waals surface area contributed by atoms with E-state index in [1.54, 1.807) is 32.4 Å². The highest BCUT2D eigenvalue weighted by Crippen LogP contribution is 2.29. The van der Waals surface area contributed by atoms with E-state index in [1.807, 2.05) is 24.0 Å². The first-order chi connectivity index (χ1) is 13.0. The second kappa shape index (κ2) is 8.12. The van der Waals surface area contributed by atoms with Gasteiger partial charge < -0.3 is 20.3 Å². The van der Waals surface area contributed by atoms with Gasteiger partial charge in [0.25, 0.3) is 5.91 Å². The minimum atomic E-state index is -0.141. The molecule has 0 bridgehead atoms. The van der Waals surface area contributed by atoms with E-state index in [2.05, 4.69) is 22.8 Å². The molecule has 1 atom stereocenters. The van der Waals surface area contributed by atoms with Crippen LogP contribution in [0, 0.1) is 6.92 Å². The number of hydrogen-bond donors (Lipinski definition) is 2. The summed E-state index contributed by atoms with van der Waals surface area (Å²) in [5.74, 6) is 1.03. The van der Waals surface area contributed by atoms with E-state index in [9.17, 15) is 9.59 Å². The molecule has 2 aromatic rings. The van der Waals surface area contributed by atoms with E-state index >= 15 is 0 Å². The number of aryl methyl sites for hydroxylation is 1. The molecular formula is C21H25N3O3. The maximum atomic E-state index is 12.6. The number of hydrogen-bond acceptors (Lipinski definition) is 3. The molecule has 0 aromatic heterocycles. The lowest BCUT2D eigenvalue weighted by molar-refractivity contribution is 0.0963. The Bertz CT molecular complexity index is 833. The molecule has 1 fully saturated rings. The number of carbonyl (C=O) groups is 2. The highest BCUT2D eigenvalue weighted by atomic mass is 16.5. The molecule has 2 N–H and O–H groups in total. The minimum Gasteiger partial charge on any atom is -0.497 e. The second-order valence-electron chi connectivity index (χ2n) is 6.74. The minimum absolute atomic E-state index is 0.109. The summed E-state index contributed by atoms with van der Waals surface area (Å²) >= 11 is 0. The largest absolute Gasteiger partial charge is 0.497 e. The van der Waals surface area contributed by atoms with E-state index in [-0.39, 0.29) is 11.9 Å². The van der Waals surface area contributed by atoms with Crippen LogP contribution in [0.3, 0.4) is 0 Å². The summed E-state index contributed by atoms with van der Waals surface area (Å²) in [5, 5.41) is 5.56. The van der Waals surface area contributed by atoms with Crippen molar-refractivity contribution >= 4 is 17.6 Å². The Hall–Kier alpha value is -3.02. The number of rotatable bonds is 4. The molecule has 27 heavy (non-hydrogen) atoms. The first kappa shape index (κ1) is 18.8. The molecule has 1 aliphatic rings. The van der Waals surface area contributed by atoms with Gasteiger partial charge in [-0.25, -0.2) is 4.79 Å². The van der Waals surface area contributed by atoms with Crippen LogP contribution in [-0.2, 0) is 0 Å². The van der Waals surface area contributed by atoms with Gasteiger partial charge >= 0.3 is 6.03 Å². The predicted molar refractivity (Wildman–Crippen MR) is 106 cm³/mol. The zero-order valence-electron chi connectivity index (χ0n) is 15.9.